The second-order valence-corrected chi connectivity index (χ2v) is 6.55. The molecular weight excluding hydrogens is 352 g/mol. The highest BCUT2D eigenvalue weighted by atomic mass is 16.5. The number of methoxy groups -OCH3 is 1. The summed E-state index contributed by atoms with van der Waals surface area (Å²) in [6, 6.07) is 15.5. The normalized spacial score (nSPS) is 10.4. The summed E-state index contributed by atoms with van der Waals surface area (Å²) in [6.45, 7) is 4.57. The van der Waals surface area contributed by atoms with Gasteiger partial charge in [0, 0.05) is 18.3 Å². The van der Waals surface area contributed by atoms with E-state index in [-0.39, 0.29) is 5.91 Å². The van der Waals surface area contributed by atoms with Gasteiger partial charge in [-0.1, -0.05) is 35.9 Å². The molecular formula is C22H24N4O2. The van der Waals surface area contributed by atoms with E-state index >= 15 is 0 Å². The van der Waals surface area contributed by atoms with Crippen molar-refractivity contribution in [1.82, 2.24) is 15.3 Å². The topological polar surface area (TPSA) is 76.1 Å². The van der Waals surface area contributed by atoms with Crippen molar-refractivity contribution in [3.05, 3.63) is 77.2 Å². The van der Waals surface area contributed by atoms with Gasteiger partial charge < -0.3 is 15.4 Å². The average molecular weight is 376 g/mol. The van der Waals surface area contributed by atoms with Crippen LogP contribution in [0.1, 0.15) is 27.2 Å². The first-order valence-corrected chi connectivity index (χ1v) is 9.13. The lowest BCUT2D eigenvalue weighted by molar-refractivity contribution is 0.0949. The van der Waals surface area contributed by atoms with Gasteiger partial charge in [0.15, 0.2) is 0 Å². The van der Waals surface area contributed by atoms with Crippen molar-refractivity contribution >= 4 is 17.4 Å². The molecule has 2 N–H and O–H groups in total. The lowest BCUT2D eigenvalue weighted by Gasteiger charge is -2.11. The van der Waals surface area contributed by atoms with Crippen LogP contribution in [0.3, 0.4) is 0 Å². The van der Waals surface area contributed by atoms with Crippen LogP contribution in [0.2, 0.25) is 0 Å². The summed E-state index contributed by atoms with van der Waals surface area (Å²) in [5, 5.41) is 6.14. The van der Waals surface area contributed by atoms with Crippen LogP contribution in [0.5, 0.6) is 5.75 Å². The molecule has 2 aromatic carbocycles. The Labute approximate surface area is 165 Å². The zero-order chi connectivity index (χ0) is 19.9. The molecule has 0 aliphatic heterocycles. The molecule has 3 aromatic rings. The molecule has 0 atom stereocenters. The summed E-state index contributed by atoms with van der Waals surface area (Å²) in [5.74, 6) is 1.16. The van der Waals surface area contributed by atoms with E-state index in [0.717, 1.165) is 22.6 Å². The van der Waals surface area contributed by atoms with E-state index in [0.29, 0.717) is 24.5 Å². The molecule has 0 bridgehead atoms. The van der Waals surface area contributed by atoms with Crippen LogP contribution in [0.4, 0.5) is 11.5 Å². The number of aromatic nitrogens is 2. The van der Waals surface area contributed by atoms with Crippen LogP contribution in [-0.4, -0.2) is 29.5 Å². The second kappa shape index (κ2) is 8.99. The summed E-state index contributed by atoms with van der Waals surface area (Å²) in [7, 11) is 1.64. The van der Waals surface area contributed by atoms with Crippen molar-refractivity contribution in [1.29, 1.82) is 0 Å². The third kappa shape index (κ3) is 4.85. The van der Waals surface area contributed by atoms with Crippen LogP contribution < -0.4 is 15.4 Å². The fourth-order valence-corrected chi connectivity index (χ4v) is 2.95. The molecule has 6 nitrogen and oxygen atoms in total. The number of carbonyl (C=O) groups excluding carboxylic acids is 1. The highest BCUT2D eigenvalue weighted by molar-refractivity contribution is 5.93. The molecule has 0 unspecified atom stereocenters. The number of para-hydroxylation sites is 1. The van der Waals surface area contributed by atoms with Gasteiger partial charge in [-0.25, -0.2) is 9.97 Å². The monoisotopic (exact) mass is 376 g/mol. The summed E-state index contributed by atoms with van der Waals surface area (Å²) in [6.07, 6.45) is 2.06. The first-order chi connectivity index (χ1) is 13.6. The lowest BCUT2D eigenvalue weighted by atomic mass is 10.1. The van der Waals surface area contributed by atoms with E-state index < -0.39 is 0 Å². The van der Waals surface area contributed by atoms with E-state index in [9.17, 15) is 4.79 Å². The third-order valence-corrected chi connectivity index (χ3v) is 4.42. The minimum Gasteiger partial charge on any atom is -0.496 e. The summed E-state index contributed by atoms with van der Waals surface area (Å²) >= 11 is 0. The van der Waals surface area contributed by atoms with Gasteiger partial charge in [-0.2, -0.15) is 0 Å². The summed E-state index contributed by atoms with van der Waals surface area (Å²) < 4.78 is 5.34. The zero-order valence-corrected chi connectivity index (χ0v) is 16.3. The number of ether oxygens (including phenoxy) is 1. The number of hydrogen-bond acceptors (Lipinski definition) is 5. The molecule has 144 valence electrons. The quantitative estimate of drug-likeness (QED) is 0.656. The minimum atomic E-state index is -0.235. The molecule has 28 heavy (non-hydrogen) atoms. The highest BCUT2D eigenvalue weighted by Gasteiger charge is 2.10. The van der Waals surface area contributed by atoms with Crippen LogP contribution >= 0.6 is 0 Å². The largest absolute Gasteiger partial charge is 0.496 e. The Bertz CT molecular complexity index is 972. The molecule has 1 heterocycles. The van der Waals surface area contributed by atoms with Gasteiger partial charge in [0.1, 0.15) is 23.6 Å². The Hall–Kier alpha value is -3.41. The predicted octanol–water partition coefficient (Wildman–Crippen LogP) is 3.82. The number of hydrogen-bond donors (Lipinski definition) is 2. The Morgan fingerprint density at radius 2 is 1.89 bits per heavy atom. The number of nitrogens with zero attached hydrogens (tertiary/aromatic N) is 2. The standard InChI is InChI=1S/C22H24N4O2/c1-15-8-9-18(16(2)12-15)26-21-13-19(24-14-25-21)22(27)23-11-10-17-6-4-5-7-20(17)28-3/h4-9,12-14H,10-11H2,1-3H3,(H,23,27)(H,24,25,26). The SMILES string of the molecule is COc1ccccc1CCNC(=O)c1cc(Nc2ccc(C)cc2C)ncn1. The van der Waals surface area contributed by atoms with Crippen molar-refractivity contribution in [2.45, 2.75) is 20.3 Å². The maximum Gasteiger partial charge on any atom is 0.270 e. The summed E-state index contributed by atoms with van der Waals surface area (Å²) in [4.78, 5) is 20.7. The fraction of sp³-hybridized carbons (Fsp3) is 0.227. The van der Waals surface area contributed by atoms with E-state index in [4.69, 9.17) is 4.74 Å². The first-order valence-electron chi connectivity index (χ1n) is 9.13. The van der Waals surface area contributed by atoms with Gasteiger partial charge in [-0.3, -0.25) is 4.79 Å². The number of rotatable bonds is 7. The smallest absolute Gasteiger partial charge is 0.270 e. The van der Waals surface area contributed by atoms with Gasteiger partial charge in [0.25, 0.3) is 5.91 Å². The fourth-order valence-electron chi connectivity index (χ4n) is 2.95. The molecule has 0 spiro atoms. The number of carbonyl (C=O) groups is 1. The number of nitrogens with one attached hydrogen (secondary N) is 2. The molecule has 3 rings (SSSR count). The van der Waals surface area contributed by atoms with Crippen molar-refractivity contribution in [2.75, 3.05) is 19.0 Å². The average Bonchev–Trinajstić information content (AvgIpc) is 2.70. The van der Waals surface area contributed by atoms with Gasteiger partial charge in [0.05, 0.1) is 7.11 Å². The zero-order valence-electron chi connectivity index (χ0n) is 16.3. The maximum absolute atomic E-state index is 12.4. The highest BCUT2D eigenvalue weighted by Crippen LogP contribution is 2.20. The van der Waals surface area contributed by atoms with E-state index in [1.807, 2.05) is 43.3 Å². The van der Waals surface area contributed by atoms with Gasteiger partial charge in [-0.05, 0) is 43.5 Å². The number of aryl methyl sites for hydroxylation is 2. The van der Waals surface area contributed by atoms with Crippen molar-refractivity contribution in [3.8, 4) is 5.75 Å². The Kier molecular flexibility index (Phi) is 6.22. The predicted molar refractivity (Wildman–Crippen MR) is 110 cm³/mol. The molecule has 1 amide bonds. The van der Waals surface area contributed by atoms with Crippen LogP contribution in [0.15, 0.2) is 54.9 Å². The number of anilines is 2. The Morgan fingerprint density at radius 3 is 2.68 bits per heavy atom. The molecule has 1 aromatic heterocycles. The van der Waals surface area contributed by atoms with Gasteiger partial charge in [0.2, 0.25) is 0 Å². The van der Waals surface area contributed by atoms with Crippen molar-refractivity contribution in [2.24, 2.45) is 0 Å². The Balaban J connectivity index is 1.62. The van der Waals surface area contributed by atoms with Crippen molar-refractivity contribution < 1.29 is 9.53 Å². The van der Waals surface area contributed by atoms with Crippen LogP contribution in [0.25, 0.3) is 0 Å². The summed E-state index contributed by atoms with van der Waals surface area (Å²) in [5.41, 5.74) is 4.63. The molecule has 0 saturated heterocycles. The Morgan fingerprint density at radius 1 is 1.07 bits per heavy atom. The van der Waals surface area contributed by atoms with E-state index in [2.05, 4.69) is 33.6 Å². The molecule has 0 radical (unpaired) electrons. The van der Waals surface area contributed by atoms with E-state index in [1.165, 1.54) is 11.9 Å². The van der Waals surface area contributed by atoms with Crippen LogP contribution in [0, 0.1) is 13.8 Å². The number of benzene rings is 2. The second-order valence-electron chi connectivity index (χ2n) is 6.55. The molecule has 0 aliphatic carbocycles. The van der Waals surface area contributed by atoms with Gasteiger partial charge >= 0.3 is 0 Å². The molecule has 0 saturated carbocycles. The maximum atomic E-state index is 12.4. The van der Waals surface area contributed by atoms with Gasteiger partial charge in [-0.15, -0.1) is 0 Å². The first kappa shape index (κ1) is 19.4. The minimum absolute atomic E-state index is 0.235. The molecule has 0 fully saturated rings. The molecule has 6 heteroatoms. The third-order valence-electron chi connectivity index (χ3n) is 4.42. The van der Waals surface area contributed by atoms with Crippen molar-refractivity contribution in [3.63, 3.8) is 0 Å². The number of amides is 1. The van der Waals surface area contributed by atoms with Crippen LogP contribution in [-0.2, 0) is 6.42 Å². The van der Waals surface area contributed by atoms with E-state index in [1.54, 1.807) is 13.2 Å². The molecule has 0 aliphatic rings. The lowest BCUT2D eigenvalue weighted by Crippen LogP contribution is -2.26.